The number of halogens is 2. The predicted molar refractivity (Wildman–Crippen MR) is 84.2 cm³/mol. The molecule has 0 saturated carbocycles. The monoisotopic (exact) mass is 317 g/mol. The van der Waals surface area contributed by atoms with Crippen molar-refractivity contribution >= 4 is 40.1 Å². The molecule has 0 bridgehead atoms. The number of fused-ring (bicyclic) bond motifs is 1. The molecule has 0 saturated heterocycles. The molecule has 2 aromatic carbocycles. The molecule has 0 fully saturated rings. The van der Waals surface area contributed by atoms with Gasteiger partial charge in [-0.25, -0.2) is 9.78 Å². The van der Waals surface area contributed by atoms with Crippen molar-refractivity contribution in [1.29, 1.82) is 0 Å². The Morgan fingerprint density at radius 1 is 1.00 bits per heavy atom. The van der Waals surface area contributed by atoms with Gasteiger partial charge in [0.15, 0.2) is 0 Å². The Morgan fingerprint density at radius 2 is 1.81 bits per heavy atom. The molecule has 1 heterocycles. The second-order valence-electron chi connectivity index (χ2n) is 4.53. The zero-order valence-electron chi connectivity index (χ0n) is 10.7. The highest BCUT2D eigenvalue weighted by Crippen LogP contribution is 2.30. The molecule has 0 radical (unpaired) electrons. The van der Waals surface area contributed by atoms with Gasteiger partial charge in [0.05, 0.1) is 21.8 Å². The number of aromatic carboxylic acids is 1. The van der Waals surface area contributed by atoms with Crippen LogP contribution in [0.1, 0.15) is 10.4 Å². The van der Waals surface area contributed by atoms with E-state index in [9.17, 15) is 4.79 Å². The summed E-state index contributed by atoms with van der Waals surface area (Å²) in [6.45, 7) is 0. The molecule has 104 valence electrons. The highest BCUT2D eigenvalue weighted by molar-refractivity contribution is 6.36. The van der Waals surface area contributed by atoms with Gasteiger partial charge in [-0.2, -0.15) is 0 Å². The first-order valence-electron chi connectivity index (χ1n) is 6.14. The van der Waals surface area contributed by atoms with Crippen LogP contribution in [0.5, 0.6) is 0 Å². The van der Waals surface area contributed by atoms with Crippen molar-refractivity contribution in [3.8, 4) is 11.3 Å². The predicted octanol–water partition coefficient (Wildman–Crippen LogP) is 4.91. The summed E-state index contributed by atoms with van der Waals surface area (Å²) in [5.41, 5.74) is 2.45. The Labute approximate surface area is 130 Å². The van der Waals surface area contributed by atoms with E-state index in [2.05, 4.69) is 4.98 Å². The van der Waals surface area contributed by atoms with Gasteiger partial charge in [-0.3, -0.25) is 0 Å². The minimum atomic E-state index is -0.957. The van der Waals surface area contributed by atoms with Gasteiger partial charge in [0.25, 0.3) is 0 Å². The molecule has 0 unspecified atom stereocenters. The smallest absolute Gasteiger partial charge is 0.335 e. The largest absolute Gasteiger partial charge is 0.478 e. The fraction of sp³-hybridized carbons (Fsp3) is 0. The van der Waals surface area contributed by atoms with Gasteiger partial charge < -0.3 is 5.11 Å². The minimum Gasteiger partial charge on any atom is -0.478 e. The molecular weight excluding hydrogens is 309 g/mol. The number of carbonyl (C=O) groups is 1. The lowest BCUT2D eigenvalue weighted by Gasteiger charge is -2.06. The Kier molecular flexibility index (Phi) is 3.53. The summed E-state index contributed by atoms with van der Waals surface area (Å²) in [6, 6.07) is 13.7. The van der Waals surface area contributed by atoms with Crippen LogP contribution in [0.15, 0.2) is 48.5 Å². The number of pyridine rings is 1. The number of hydrogen-bond acceptors (Lipinski definition) is 2. The van der Waals surface area contributed by atoms with Crippen LogP contribution in [0.3, 0.4) is 0 Å². The fourth-order valence-corrected chi connectivity index (χ4v) is 2.61. The molecular formula is C16H9Cl2NO2. The Morgan fingerprint density at radius 3 is 2.52 bits per heavy atom. The van der Waals surface area contributed by atoms with Crippen molar-refractivity contribution in [2.75, 3.05) is 0 Å². The minimum absolute atomic E-state index is 0.238. The van der Waals surface area contributed by atoms with Crippen LogP contribution < -0.4 is 0 Å². The highest BCUT2D eigenvalue weighted by atomic mass is 35.5. The molecule has 0 aliphatic rings. The first kappa shape index (κ1) is 13.9. The second kappa shape index (κ2) is 5.35. The number of carboxylic acid groups (broad SMARTS) is 1. The molecule has 5 heteroatoms. The Balaban J connectivity index is 2.13. The van der Waals surface area contributed by atoms with Crippen molar-refractivity contribution in [3.05, 3.63) is 64.1 Å². The van der Waals surface area contributed by atoms with Gasteiger partial charge in [-0.15, -0.1) is 0 Å². The van der Waals surface area contributed by atoms with Crippen molar-refractivity contribution in [3.63, 3.8) is 0 Å². The molecule has 1 N–H and O–H groups in total. The van der Waals surface area contributed by atoms with Crippen LogP contribution >= 0.6 is 23.2 Å². The molecule has 0 aliphatic heterocycles. The van der Waals surface area contributed by atoms with Gasteiger partial charge in [0, 0.05) is 16.0 Å². The molecule has 21 heavy (non-hydrogen) atoms. The maximum Gasteiger partial charge on any atom is 0.335 e. The third-order valence-electron chi connectivity index (χ3n) is 3.14. The number of nitrogens with zero attached hydrogens (tertiary/aromatic N) is 1. The molecule has 0 atom stereocenters. The number of carboxylic acids is 1. The fourth-order valence-electron chi connectivity index (χ4n) is 2.11. The van der Waals surface area contributed by atoms with Crippen LogP contribution in [0.2, 0.25) is 10.0 Å². The number of aromatic nitrogens is 1. The molecule has 0 spiro atoms. The molecule has 3 rings (SSSR count). The first-order chi connectivity index (χ1) is 10.0. The van der Waals surface area contributed by atoms with Crippen molar-refractivity contribution in [1.82, 2.24) is 4.98 Å². The van der Waals surface area contributed by atoms with Crippen LogP contribution in [-0.4, -0.2) is 16.1 Å². The van der Waals surface area contributed by atoms with Gasteiger partial charge in [0.1, 0.15) is 0 Å². The molecule has 3 nitrogen and oxygen atoms in total. The highest BCUT2D eigenvalue weighted by Gasteiger charge is 2.08. The SMILES string of the molecule is O=C(O)c1ccc2nc(-c3ccc(Cl)cc3Cl)ccc2c1. The van der Waals surface area contributed by atoms with E-state index in [4.69, 9.17) is 28.3 Å². The van der Waals surface area contributed by atoms with Crippen LogP contribution in [0, 0.1) is 0 Å². The van der Waals surface area contributed by atoms with E-state index in [-0.39, 0.29) is 5.56 Å². The summed E-state index contributed by atoms with van der Waals surface area (Å²) in [7, 11) is 0. The summed E-state index contributed by atoms with van der Waals surface area (Å²) >= 11 is 12.1. The normalized spacial score (nSPS) is 10.8. The van der Waals surface area contributed by atoms with Gasteiger partial charge in [0.2, 0.25) is 0 Å². The number of benzene rings is 2. The van der Waals surface area contributed by atoms with E-state index in [1.54, 1.807) is 24.3 Å². The van der Waals surface area contributed by atoms with E-state index in [1.807, 2.05) is 18.2 Å². The standard InChI is InChI=1S/C16H9Cl2NO2/c17-11-3-4-12(13(18)8-11)15-6-1-9-7-10(16(20)21)2-5-14(9)19-15/h1-8H,(H,20,21). The molecule has 1 aromatic heterocycles. The molecule has 3 aromatic rings. The van der Waals surface area contributed by atoms with E-state index >= 15 is 0 Å². The number of rotatable bonds is 2. The molecule has 0 aliphatic carbocycles. The van der Waals surface area contributed by atoms with Gasteiger partial charge in [-0.1, -0.05) is 29.3 Å². The zero-order valence-corrected chi connectivity index (χ0v) is 12.2. The average Bonchev–Trinajstić information content (AvgIpc) is 2.46. The lowest BCUT2D eigenvalue weighted by Crippen LogP contribution is -1.96. The van der Waals surface area contributed by atoms with Crippen LogP contribution in [0.25, 0.3) is 22.2 Å². The van der Waals surface area contributed by atoms with Gasteiger partial charge >= 0.3 is 5.97 Å². The number of hydrogen-bond donors (Lipinski definition) is 1. The van der Waals surface area contributed by atoms with E-state index in [0.29, 0.717) is 21.3 Å². The van der Waals surface area contributed by atoms with Crippen LogP contribution in [-0.2, 0) is 0 Å². The summed E-state index contributed by atoms with van der Waals surface area (Å²) < 4.78 is 0. The van der Waals surface area contributed by atoms with E-state index in [0.717, 1.165) is 10.9 Å². The maximum atomic E-state index is 11.0. The van der Waals surface area contributed by atoms with E-state index in [1.165, 1.54) is 6.07 Å². The topological polar surface area (TPSA) is 50.2 Å². The summed E-state index contributed by atoms with van der Waals surface area (Å²) in [5, 5.41) is 10.8. The van der Waals surface area contributed by atoms with Crippen LogP contribution in [0.4, 0.5) is 0 Å². The van der Waals surface area contributed by atoms with Crippen molar-refractivity contribution in [2.24, 2.45) is 0 Å². The quantitative estimate of drug-likeness (QED) is 0.730. The third kappa shape index (κ3) is 2.71. The Bertz CT molecular complexity index is 862. The third-order valence-corrected chi connectivity index (χ3v) is 3.69. The van der Waals surface area contributed by atoms with Crippen molar-refractivity contribution < 1.29 is 9.90 Å². The maximum absolute atomic E-state index is 11.0. The average molecular weight is 318 g/mol. The molecule has 0 amide bonds. The Hall–Kier alpha value is -2.10. The second-order valence-corrected chi connectivity index (χ2v) is 5.38. The lowest BCUT2D eigenvalue weighted by molar-refractivity contribution is 0.0697. The first-order valence-corrected chi connectivity index (χ1v) is 6.90. The zero-order chi connectivity index (χ0) is 15.0. The lowest BCUT2D eigenvalue weighted by atomic mass is 10.1. The summed E-state index contributed by atoms with van der Waals surface area (Å²) in [6.07, 6.45) is 0. The van der Waals surface area contributed by atoms with Gasteiger partial charge in [-0.05, 0) is 42.5 Å². The van der Waals surface area contributed by atoms with Crippen molar-refractivity contribution in [2.45, 2.75) is 0 Å². The summed E-state index contributed by atoms with van der Waals surface area (Å²) in [4.78, 5) is 15.5. The summed E-state index contributed by atoms with van der Waals surface area (Å²) in [5.74, 6) is -0.957. The van der Waals surface area contributed by atoms with E-state index < -0.39 is 5.97 Å².